The molecule has 0 spiro atoms. The highest BCUT2D eigenvalue weighted by molar-refractivity contribution is 5.76. The van der Waals surface area contributed by atoms with Gasteiger partial charge in [-0.1, -0.05) is 30.2 Å². The first kappa shape index (κ1) is 7.07. The number of hydrogen-bond donors (Lipinski definition) is 1. The Morgan fingerprint density at radius 3 is 2.50 bits per heavy atom. The van der Waals surface area contributed by atoms with E-state index in [0.29, 0.717) is 0 Å². The summed E-state index contributed by atoms with van der Waals surface area (Å²) in [5, 5.41) is 0. The molecule has 1 aromatic rings. The topological polar surface area (TPSA) is 52.3 Å². The summed E-state index contributed by atoms with van der Waals surface area (Å²) in [7, 11) is 0. The zero-order valence-electron chi connectivity index (χ0n) is 14.7. The normalized spacial score (nSPS) is 17.6. The average molecular weight is 226 g/mol. The van der Waals surface area contributed by atoms with Crippen LogP contribution in [-0.4, -0.2) is 17.6 Å². The molecule has 0 aromatic heterocycles. The minimum absolute atomic E-state index is 0.0133. The van der Waals surface area contributed by atoms with Crippen molar-refractivity contribution in [3.8, 4) is 0 Å². The fourth-order valence-corrected chi connectivity index (χ4v) is 1.06. The van der Waals surface area contributed by atoms with Gasteiger partial charge >= 0.3 is 5.97 Å². The van der Waals surface area contributed by atoms with E-state index in [0.717, 1.165) is 0 Å². The van der Waals surface area contributed by atoms with Crippen LogP contribution in [0.2, 0.25) is 0 Å². The van der Waals surface area contributed by atoms with E-state index in [-0.39, 0.29) is 24.1 Å². The molecule has 0 radical (unpaired) electrons. The van der Waals surface area contributed by atoms with Crippen molar-refractivity contribution in [3.05, 3.63) is 35.8 Å². The van der Waals surface area contributed by atoms with E-state index in [1.807, 2.05) is 0 Å². The molecule has 0 saturated carbocycles. The minimum atomic E-state index is -1.09. The molecule has 1 aromatic carbocycles. The Kier molecular flexibility index (Phi) is 2.26. The maximum absolute atomic E-state index is 11.8. The number of hydrogen-bond acceptors (Lipinski definition) is 3. The van der Waals surface area contributed by atoms with Gasteiger partial charge < -0.3 is 10.5 Å². The molecule has 0 fully saturated rings. The third-order valence-electron chi connectivity index (χ3n) is 1.69. The van der Waals surface area contributed by atoms with Gasteiger partial charge in [0, 0.05) is 0 Å². The molecule has 16 heavy (non-hydrogen) atoms. The molecule has 0 amide bonds. The molecule has 2 N–H and O–H groups in total. The predicted molar refractivity (Wildman–Crippen MR) is 64.0 cm³/mol. The van der Waals surface area contributed by atoms with Crippen molar-refractivity contribution in [2.24, 2.45) is 5.73 Å². The van der Waals surface area contributed by atoms with Crippen LogP contribution in [0.1, 0.15) is 33.2 Å². The van der Waals surface area contributed by atoms with Crippen LogP contribution >= 0.6 is 0 Å². The summed E-state index contributed by atoms with van der Waals surface area (Å²) in [6.45, 7) is 5.09. The highest BCUT2D eigenvalue weighted by Gasteiger charge is 2.22. The van der Waals surface area contributed by atoms with Crippen LogP contribution in [0.4, 0.5) is 0 Å². The Morgan fingerprint density at radius 2 is 2.00 bits per heavy atom. The largest absolute Gasteiger partial charge is 0.459 e. The first-order chi connectivity index (χ1) is 9.45. The van der Waals surface area contributed by atoms with Crippen LogP contribution in [-0.2, 0) is 16.0 Å². The first-order valence-electron chi connectivity index (χ1n) is 7.50. The molecular formula is C13H19NO2. The summed E-state index contributed by atoms with van der Waals surface area (Å²) in [4.78, 5) is 11.8. The summed E-state index contributed by atoms with van der Waals surface area (Å²) in [5.41, 5.74) is 5.04. The molecule has 3 heteroatoms. The van der Waals surface area contributed by atoms with Crippen LogP contribution < -0.4 is 5.73 Å². The van der Waals surface area contributed by atoms with Crippen LogP contribution in [0.3, 0.4) is 0 Å². The summed E-state index contributed by atoms with van der Waals surface area (Å²) in [5.74, 6) is -0.672. The van der Waals surface area contributed by atoms with Gasteiger partial charge in [-0.2, -0.15) is 0 Å². The lowest BCUT2D eigenvalue weighted by Gasteiger charge is -2.22. The molecule has 1 atom stereocenters. The van der Waals surface area contributed by atoms with E-state index >= 15 is 0 Å². The van der Waals surface area contributed by atoms with E-state index in [1.165, 1.54) is 0 Å². The Labute approximate surface area is 104 Å². The lowest BCUT2D eigenvalue weighted by atomic mass is 10.1. The van der Waals surface area contributed by atoms with E-state index in [1.54, 1.807) is 20.8 Å². The van der Waals surface area contributed by atoms with Crippen LogP contribution in [0.15, 0.2) is 30.2 Å². The fourth-order valence-electron chi connectivity index (χ4n) is 1.06. The third kappa shape index (κ3) is 4.45. The van der Waals surface area contributed by atoms with Gasteiger partial charge in [0.25, 0.3) is 0 Å². The second-order valence-corrected chi connectivity index (χ2v) is 4.45. The molecule has 0 aliphatic carbocycles. The van der Waals surface area contributed by atoms with E-state index in [4.69, 9.17) is 17.3 Å². The molecule has 0 aliphatic heterocycles. The van der Waals surface area contributed by atoms with Gasteiger partial charge in [0.2, 0.25) is 0 Å². The second-order valence-electron chi connectivity index (χ2n) is 4.45. The van der Waals surface area contributed by atoms with E-state index in [9.17, 15) is 4.79 Å². The number of nitrogens with two attached hydrogens (primary N) is 1. The van der Waals surface area contributed by atoms with Gasteiger partial charge in [0.1, 0.15) is 11.6 Å². The zero-order valence-corrected chi connectivity index (χ0v) is 9.68. The quantitative estimate of drug-likeness (QED) is 0.801. The monoisotopic (exact) mass is 226 g/mol. The highest BCUT2D eigenvalue weighted by Crippen LogP contribution is 2.10. The van der Waals surface area contributed by atoms with Gasteiger partial charge in [-0.15, -0.1) is 0 Å². The molecule has 88 valence electrons. The number of ether oxygens (including phenoxy) is 1. The van der Waals surface area contributed by atoms with Crippen molar-refractivity contribution in [1.29, 1.82) is 0 Å². The number of carbonyl (C=O) groups is 1. The van der Waals surface area contributed by atoms with E-state index in [2.05, 4.69) is 0 Å². The summed E-state index contributed by atoms with van der Waals surface area (Å²) < 4.78 is 43.3. The van der Waals surface area contributed by atoms with E-state index < -0.39 is 35.7 Å². The van der Waals surface area contributed by atoms with Gasteiger partial charge in [-0.25, -0.2) is 0 Å². The lowest BCUT2D eigenvalue weighted by Crippen LogP contribution is -2.38. The maximum atomic E-state index is 11.8. The smallest absolute Gasteiger partial charge is 0.323 e. The molecule has 0 aliphatic rings. The average Bonchev–Trinajstić information content (AvgIpc) is 2.37. The van der Waals surface area contributed by atoms with Crippen molar-refractivity contribution in [3.63, 3.8) is 0 Å². The predicted octanol–water partition coefficient (Wildman–Crippen LogP) is 1.90. The number of rotatable bonds is 3. The number of benzene rings is 1. The Balaban J connectivity index is 3.06. The standard InChI is InChI=1S/C13H19NO2/c1-13(2,3)16-12(15)11(14)9-10-7-5-4-6-8-10/h4-8,11H,9,14H2,1-3H3/t11-/m1/s1/i4D,5D,6D,7D,8D. The van der Waals surface area contributed by atoms with Crippen molar-refractivity contribution < 1.29 is 16.4 Å². The van der Waals surface area contributed by atoms with Crippen molar-refractivity contribution >= 4 is 5.97 Å². The lowest BCUT2D eigenvalue weighted by molar-refractivity contribution is -0.156. The Hall–Kier alpha value is -1.35. The number of esters is 1. The van der Waals surface area contributed by atoms with Gasteiger partial charge in [-0.3, -0.25) is 4.79 Å². The molecule has 0 bridgehead atoms. The molecule has 0 saturated heterocycles. The molecule has 3 nitrogen and oxygen atoms in total. The first-order valence-corrected chi connectivity index (χ1v) is 5.00. The number of carbonyl (C=O) groups excluding carboxylic acids is 1. The van der Waals surface area contributed by atoms with Crippen molar-refractivity contribution in [2.45, 2.75) is 38.8 Å². The molecule has 0 unspecified atom stereocenters. The van der Waals surface area contributed by atoms with Crippen LogP contribution in [0.25, 0.3) is 0 Å². The maximum Gasteiger partial charge on any atom is 0.323 e. The second kappa shape index (κ2) is 5.12. The van der Waals surface area contributed by atoms with Crippen LogP contribution in [0.5, 0.6) is 0 Å². The third-order valence-corrected chi connectivity index (χ3v) is 1.69. The minimum Gasteiger partial charge on any atom is -0.459 e. The summed E-state index contributed by atoms with van der Waals surface area (Å²) in [6.07, 6.45) is -0.176. The van der Waals surface area contributed by atoms with Crippen molar-refractivity contribution in [1.82, 2.24) is 0 Å². The van der Waals surface area contributed by atoms with Gasteiger partial charge in [0.05, 0.1) is 6.85 Å². The highest BCUT2D eigenvalue weighted by atomic mass is 16.6. The van der Waals surface area contributed by atoms with Crippen molar-refractivity contribution in [2.75, 3.05) is 0 Å². The van der Waals surface area contributed by atoms with Crippen LogP contribution in [0, 0.1) is 0 Å². The fraction of sp³-hybridized carbons (Fsp3) is 0.462. The summed E-state index contributed by atoms with van der Waals surface area (Å²) >= 11 is 0. The Morgan fingerprint density at radius 1 is 1.44 bits per heavy atom. The molecular weight excluding hydrogens is 202 g/mol. The molecule has 0 heterocycles. The molecule has 1 rings (SSSR count). The van der Waals surface area contributed by atoms with Gasteiger partial charge in [-0.05, 0) is 32.8 Å². The Bertz CT molecular complexity index is 540. The van der Waals surface area contributed by atoms with Gasteiger partial charge in [0.15, 0.2) is 0 Å². The zero-order chi connectivity index (χ0) is 16.5. The summed E-state index contributed by atoms with van der Waals surface area (Å²) in [6, 6.07) is -3.14. The SMILES string of the molecule is [2H]c1c([2H])c([2H])c(C[C@@H](N)C(=O)OC(C)(C)C)c([2H])c1[2H].